The van der Waals surface area contributed by atoms with Gasteiger partial charge in [-0.15, -0.1) is 0 Å². The lowest BCUT2D eigenvalue weighted by atomic mass is 9.95. The Kier molecular flexibility index (Phi) is 8.53. The summed E-state index contributed by atoms with van der Waals surface area (Å²) in [5.41, 5.74) is 1.17. The van der Waals surface area contributed by atoms with Crippen molar-refractivity contribution in [2.75, 3.05) is 26.9 Å². The lowest BCUT2D eigenvalue weighted by Gasteiger charge is -2.25. The fraction of sp³-hybridized carbons (Fsp3) is 0.385. The molecule has 1 amide bonds. The average Bonchev–Trinajstić information content (AvgIpc) is 3.04. The van der Waals surface area contributed by atoms with Crippen LogP contribution < -0.4 is 4.74 Å². The van der Waals surface area contributed by atoms with Crippen LogP contribution in [-0.4, -0.2) is 48.6 Å². The normalized spacial score (nSPS) is 17.7. The van der Waals surface area contributed by atoms with E-state index in [2.05, 4.69) is 13.8 Å². The minimum absolute atomic E-state index is 0.0547. The number of hydrogen-bond acceptors (Lipinski definition) is 5. The van der Waals surface area contributed by atoms with Crippen molar-refractivity contribution < 1.29 is 24.2 Å². The van der Waals surface area contributed by atoms with E-state index in [0.29, 0.717) is 54.0 Å². The van der Waals surface area contributed by atoms with Gasteiger partial charge in [0.25, 0.3) is 11.7 Å². The average molecular weight is 472 g/mol. The first-order valence-corrected chi connectivity index (χ1v) is 11.5. The van der Waals surface area contributed by atoms with Crippen molar-refractivity contribution in [3.8, 4) is 5.75 Å². The van der Waals surface area contributed by atoms with Gasteiger partial charge in [0, 0.05) is 30.8 Å². The quantitative estimate of drug-likeness (QED) is 0.222. The molecule has 0 spiro atoms. The van der Waals surface area contributed by atoms with Crippen molar-refractivity contribution in [2.45, 2.75) is 32.7 Å². The number of benzene rings is 2. The SMILES string of the molecule is COCCCN1C(=O)C(=O)/C(=C(/O)c2ccc(Cl)cc2)C1c1cccc(OCCC(C)C)c1. The lowest BCUT2D eigenvalue weighted by Crippen LogP contribution is -2.31. The Balaban J connectivity index is 2.03. The van der Waals surface area contributed by atoms with Crippen LogP contribution in [0.2, 0.25) is 5.02 Å². The highest BCUT2D eigenvalue weighted by atomic mass is 35.5. The van der Waals surface area contributed by atoms with Crippen LogP contribution in [0.4, 0.5) is 0 Å². The molecule has 1 aliphatic rings. The van der Waals surface area contributed by atoms with Crippen LogP contribution in [-0.2, 0) is 14.3 Å². The highest BCUT2D eigenvalue weighted by molar-refractivity contribution is 6.46. The monoisotopic (exact) mass is 471 g/mol. The molecule has 1 fully saturated rings. The summed E-state index contributed by atoms with van der Waals surface area (Å²) >= 11 is 5.97. The largest absolute Gasteiger partial charge is 0.507 e. The molecule has 2 aromatic rings. The Morgan fingerprint density at radius 1 is 1.12 bits per heavy atom. The molecule has 6 nitrogen and oxygen atoms in total. The van der Waals surface area contributed by atoms with E-state index < -0.39 is 17.7 Å². The van der Waals surface area contributed by atoms with Crippen LogP contribution in [0.3, 0.4) is 0 Å². The molecule has 1 unspecified atom stereocenters. The van der Waals surface area contributed by atoms with Crippen LogP contribution >= 0.6 is 11.6 Å². The fourth-order valence-electron chi connectivity index (χ4n) is 3.79. The molecular formula is C26H30ClNO5. The predicted octanol–water partition coefficient (Wildman–Crippen LogP) is 5.22. The zero-order chi connectivity index (χ0) is 24.0. The Hall–Kier alpha value is -2.83. The predicted molar refractivity (Wildman–Crippen MR) is 128 cm³/mol. The van der Waals surface area contributed by atoms with E-state index >= 15 is 0 Å². The molecule has 1 atom stereocenters. The number of ketones is 1. The molecule has 0 aromatic heterocycles. The number of rotatable bonds is 10. The number of Topliss-reactive ketones (excluding diaryl/α,β-unsaturated/α-hetero) is 1. The first-order valence-electron chi connectivity index (χ1n) is 11.1. The molecular weight excluding hydrogens is 442 g/mol. The minimum Gasteiger partial charge on any atom is -0.507 e. The second-order valence-corrected chi connectivity index (χ2v) is 8.89. The number of aliphatic hydroxyl groups is 1. The summed E-state index contributed by atoms with van der Waals surface area (Å²) in [5.74, 6) is -0.411. The Labute approximate surface area is 199 Å². The van der Waals surface area contributed by atoms with Crippen LogP contribution in [0, 0.1) is 5.92 Å². The number of carbonyl (C=O) groups excluding carboxylic acids is 2. The van der Waals surface area contributed by atoms with Crippen molar-refractivity contribution in [3.63, 3.8) is 0 Å². The van der Waals surface area contributed by atoms with Gasteiger partial charge in [-0.05, 0) is 60.7 Å². The molecule has 1 N–H and O–H groups in total. The van der Waals surface area contributed by atoms with Gasteiger partial charge in [0.1, 0.15) is 11.5 Å². The summed E-state index contributed by atoms with van der Waals surface area (Å²) in [7, 11) is 1.59. The van der Waals surface area contributed by atoms with Gasteiger partial charge in [0.15, 0.2) is 0 Å². The standard InChI is InChI=1S/C26H30ClNO5/c1-17(2)12-15-33-21-7-4-6-19(16-21)23-22(24(29)18-8-10-20(27)11-9-18)25(30)26(31)28(23)13-5-14-32-3/h4,6-11,16-17,23,29H,5,12-15H2,1-3H3/b24-22+. The third-order valence-corrected chi connectivity index (χ3v) is 5.79. The van der Waals surface area contributed by atoms with Crippen molar-refractivity contribution in [1.82, 2.24) is 4.90 Å². The zero-order valence-corrected chi connectivity index (χ0v) is 20.0. The van der Waals surface area contributed by atoms with Gasteiger partial charge in [0.05, 0.1) is 18.2 Å². The summed E-state index contributed by atoms with van der Waals surface area (Å²) in [4.78, 5) is 27.5. The summed E-state index contributed by atoms with van der Waals surface area (Å²) in [6, 6.07) is 13.1. The number of hydrogen-bond donors (Lipinski definition) is 1. The summed E-state index contributed by atoms with van der Waals surface area (Å²) < 4.78 is 11.0. The molecule has 3 rings (SSSR count). The first kappa shape index (κ1) is 24.8. The number of halogens is 1. The van der Waals surface area contributed by atoms with E-state index in [1.54, 1.807) is 31.4 Å². The minimum atomic E-state index is -0.730. The Morgan fingerprint density at radius 3 is 2.52 bits per heavy atom. The van der Waals surface area contributed by atoms with E-state index in [1.165, 1.54) is 4.90 Å². The molecule has 0 bridgehead atoms. The molecule has 2 aromatic carbocycles. The number of ether oxygens (including phenoxy) is 2. The van der Waals surface area contributed by atoms with Crippen LogP contribution in [0.1, 0.15) is 43.9 Å². The van der Waals surface area contributed by atoms with Gasteiger partial charge in [-0.2, -0.15) is 0 Å². The number of likely N-dealkylation sites (tertiary alicyclic amines) is 1. The fourth-order valence-corrected chi connectivity index (χ4v) is 3.91. The second-order valence-electron chi connectivity index (χ2n) is 8.45. The molecule has 176 valence electrons. The molecule has 33 heavy (non-hydrogen) atoms. The number of methoxy groups -OCH3 is 1. The molecule has 1 aliphatic heterocycles. The highest BCUT2D eigenvalue weighted by Crippen LogP contribution is 2.40. The third-order valence-electron chi connectivity index (χ3n) is 5.54. The van der Waals surface area contributed by atoms with E-state index in [4.69, 9.17) is 21.1 Å². The van der Waals surface area contributed by atoms with Gasteiger partial charge < -0.3 is 19.5 Å². The zero-order valence-electron chi connectivity index (χ0n) is 19.2. The molecule has 0 radical (unpaired) electrons. The first-order chi connectivity index (χ1) is 15.8. The topological polar surface area (TPSA) is 76.1 Å². The van der Waals surface area contributed by atoms with E-state index in [1.807, 2.05) is 24.3 Å². The maximum Gasteiger partial charge on any atom is 0.295 e. The number of amides is 1. The lowest BCUT2D eigenvalue weighted by molar-refractivity contribution is -0.140. The van der Waals surface area contributed by atoms with Gasteiger partial charge in [0.2, 0.25) is 0 Å². The Morgan fingerprint density at radius 2 is 1.85 bits per heavy atom. The number of nitrogens with zero attached hydrogens (tertiary/aromatic N) is 1. The smallest absolute Gasteiger partial charge is 0.295 e. The van der Waals surface area contributed by atoms with Gasteiger partial charge in [-0.1, -0.05) is 37.6 Å². The maximum absolute atomic E-state index is 13.0. The highest BCUT2D eigenvalue weighted by Gasteiger charge is 2.45. The summed E-state index contributed by atoms with van der Waals surface area (Å²) in [6.07, 6.45) is 1.47. The van der Waals surface area contributed by atoms with E-state index in [-0.39, 0.29) is 11.3 Å². The molecule has 7 heteroatoms. The molecule has 1 saturated heterocycles. The molecule has 0 saturated carbocycles. The van der Waals surface area contributed by atoms with Gasteiger partial charge in [-0.25, -0.2) is 0 Å². The summed E-state index contributed by atoms with van der Waals surface area (Å²) in [5, 5.41) is 11.6. The van der Waals surface area contributed by atoms with Crippen molar-refractivity contribution in [3.05, 3.63) is 70.3 Å². The number of carbonyl (C=O) groups is 2. The van der Waals surface area contributed by atoms with E-state index in [0.717, 1.165) is 6.42 Å². The van der Waals surface area contributed by atoms with Crippen LogP contribution in [0.15, 0.2) is 54.1 Å². The van der Waals surface area contributed by atoms with Crippen molar-refractivity contribution >= 4 is 29.1 Å². The van der Waals surface area contributed by atoms with Crippen LogP contribution in [0.25, 0.3) is 5.76 Å². The van der Waals surface area contributed by atoms with Gasteiger partial charge >= 0.3 is 0 Å². The molecule has 1 heterocycles. The molecule has 0 aliphatic carbocycles. The summed E-state index contributed by atoms with van der Waals surface area (Å²) in [6.45, 7) is 5.60. The van der Waals surface area contributed by atoms with E-state index in [9.17, 15) is 14.7 Å². The van der Waals surface area contributed by atoms with Gasteiger partial charge in [-0.3, -0.25) is 9.59 Å². The number of aliphatic hydroxyl groups excluding tert-OH is 1. The van der Waals surface area contributed by atoms with Crippen LogP contribution in [0.5, 0.6) is 5.75 Å². The third kappa shape index (κ3) is 5.95. The Bertz CT molecular complexity index is 1020. The van der Waals surface area contributed by atoms with Crippen molar-refractivity contribution in [1.29, 1.82) is 0 Å². The van der Waals surface area contributed by atoms with Crippen molar-refractivity contribution in [2.24, 2.45) is 5.92 Å². The second kappa shape index (κ2) is 11.3. The maximum atomic E-state index is 13.0.